The molecule has 0 heterocycles. The monoisotopic (exact) mass is 311 g/mol. The number of hydrogen-bond donors (Lipinski definition) is 3. The van der Waals surface area contributed by atoms with E-state index < -0.39 is 7.12 Å². The minimum atomic E-state index is -1.63. The Labute approximate surface area is 131 Å². The van der Waals surface area contributed by atoms with Gasteiger partial charge in [-0.25, -0.2) is 0 Å². The lowest BCUT2D eigenvalue weighted by atomic mass is 9.80. The average Bonchev–Trinajstić information content (AvgIpc) is 2.46. The third-order valence-electron chi connectivity index (χ3n) is 3.64. The van der Waals surface area contributed by atoms with E-state index in [1.54, 1.807) is 6.07 Å². The molecule has 0 aromatic heterocycles. The number of rotatable bonds is 8. The van der Waals surface area contributed by atoms with Gasteiger partial charge < -0.3 is 15.4 Å². The summed E-state index contributed by atoms with van der Waals surface area (Å²) in [6, 6.07) is 4.46. The Kier molecular flexibility index (Phi) is 7.79. The number of halogens is 1. The standard InChI is InChI=1S/C15H23BClNO3/c1-3-5-6-11(4-2)10-18-15(19)12-7-8-13(16(20)21)14(17)9-12/h7-9,11,20-21H,3-6,10H2,1-2H3,(H,18,19)/t11-/m0/s1. The molecule has 0 saturated carbocycles. The quantitative estimate of drug-likeness (QED) is 0.643. The van der Waals surface area contributed by atoms with Crippen molar-refractivity contribution in [2.45, 2.75) is 39.5 Å². The fourth-order valence-corrected chi connectivity index (χ4v) is 2.44. The van der Waals surface area contributed by atoms with Crippen LogP contribution in [-0.2, 0) is 0 Å². The first-order chi connectivity index (χ1) is 9.99. The zero-order valence-corrected chi connectivity index (χ0v) is 13.4. The molecule has 0 radical (unpaired) electrons. The number of amides is 1. The predicted molar refractivity (Wildman–Crippen MR) is 86.9 cm³/mol. The summed E-state index contributed by atoms with van der Waals surface area (Å²) in [6.07, 6.45) is 4.48. The molecule has 0 aliphatic rings. The molecule has 0 fully saturated rings. The average molecular weight is 312 g/mol. The van der Waals surface area contributed by atoms with Crippen molar-refractivity contribution in [3.63, 3.8) is 0 Å². The Morgan fingerprint density at radius 1 is 1.38 bits per heavy atom. The fourth-order valence-electron chi connectivity index (χ4n) is 2.16. The van der Waals surface area contributed by atoms with Crippen LogP contribution in [-0.4, -0.2) is 29.6 Å². The lowest BCUT2D eigenvalue weighted by Crippen LogP contribution is -2.32. The van der Waals surface area contributed by atoms with Gasteiger partial charge in [0.25, 0.3) is 5.91 Å². The van der Waals surface area contributed by atoms with E-state index in [0.29, 0.717) is 18.0 Å². The van der Waals surface area contributed by atoms with Crippen molar-refractivity contribution in [2.75, 3.05) is 6.54 Å². The second-order valence-corrected chi connectivity index (χ2v) is 5.64. The van der Waals surface area contributed by atoms with Crippen LogP contribution in [0.5, 0.6) is 0 Å². The number of nitrogens with one attached hydrogen (secondary N) is 1. The summed E-state index contributed by atoms with van der Waals surface area (Å²) in [4.78, 5) is 12.1. The van der Waals surface area contributed by atoms with E-state index in [2.05, 4.69) is 19.2 Å². The second-order valence-electron chi connectivity index (χ2n) is 5.24. The maximum atomic E-state index is 12.1. The summed E-state index contributed by atoms with van der Waals surface area (Å²) in [5.74, 6) is 0.300. The van der Waals surface area contributed by atoms with E-state index in [9.17, 15) is 4.79 Å². The molecule has 0 aliphatic carbocycles. The highest BCUT2D eigenvalue weighted by molar-refractivity contribution is 6.62. The van der Waals surface area contributed by atoms with E-state index in [1.807, 2.05) is 0 Å². The van der Waals surface area contributed by atoms with Crippen molar-refractivity contribution in [3.8, 4) is 0 Å². The van der Waals surface area contributed by atoms with Crippen LogP contribution in [0.2, 0.25) is 5.02 Å². The summed E-state index contributed by atoms with van der Waals surface area (Å²) in [7, 11) is -1.63. The molecule has 21 heavy (non-hydrogen) atoms. The molecule has 1 aromatic rings. The predicted octanol–water partition coefficient (Wildman–Crippen LogP) is 1.97. The summed E-state index contributed by atoms with van der Waals surface area (Å²) in [5, 5.41) is 21.3. The van der Waals surface area contributed by atoms with Gasteiger partial charge in [-0.3, -0.25) is 4.79 Å². The van der Waals surface area contributed by atoms with Crippen LogP contribution in [0.25, 0.3) is 0 Å². The van der Waals surface area contributed by atoms with E-state index in [4.69, 9.17) is 21.6 Å². The van der Waals surface area contributed by atoms with Gasteiger partial charge >= 0.3 is 7.12 Å². The number of unbranched alkanes of at least 4 members (excludes halogenated alkanes) is 1. The molecule has 1 rings (SSSR count). The third-order valence-corrected chi connectivity index (χ3v) is 3.96. The maximum absolute atomic E-state index is 12.1. The van der Waals surface area contributed by atoms with E-state index in [0.717, 1.165) is 19.3 Å². The van der Waals surface area contributed by atoms with Gasteiger partial charge in [-0.1, -0.05) is 50.8 Å². The molecule has 116 valence electrons. The molecular formula is C15H23BClNO3. The van der Waals surface area contributed by atoms with Crippen molar-refractivity contribution in [2.24, 2.45) is 5.92 Å². The van der Waals surface area contributed by atoms with Gasteiger partial charge in [0.2, 0.25) is 0 Å². The second kappa shape index (κ2) is 9.08. The first-order valence-electron chi connectivity index (χ1n) is 7.43. The molecule has 0 saturated heterocycles. The SMILES string of the molecule is CCCC[C@H](CC)CNC(=O)c1ccc(B(O)O)c(Cl)c1. The minimum Gasteiger partial charge on any atom is -0.423 e. The zero-order valence-electron chi connectivity index (χ0n) is 12.6. The molecule has 1 aromatic carbocycles. The van der Waals surface area contributed by atoms with Crippen molar-refractivity contribution >= 4 is 30.1 Å². The number of carbonyl (C=O) groups is 1. The molecule has 0 unspecified atom stereocenters. The summed E-state index contributed by atoms with van der Waals surface area (Å²) < 4.78 is 0. The number of carbonyl (C=O) groups excluding carboxylic acids is 1. The van der Waals surface area contributed by atoms with Crippen LogP contribution in [0.4, 0.5) is 0 Å². The largest absolute Gasteiger partial charge is 0.489 e. The number of hydrogen-bond acceptors (Lipinski definition) is 3. The molecule has 0 bridgehead atoms. The van der Waals surface area contributed by atoms with E-state index in [-0.39, 0.29) is 16.4 Å². The topological polar surface area (TPSA) is 69.6 Å². The lowest BCUT2D eigenvalue weighted by molar-refractivity contribution is 0.0946. The van der Waals surface area contributed by atoms with Gasteiger partial charge in [-0.2, -0.15) is 0 Å². The zero-order chi connectivity index (χ0) is 15.8. The maximum Gasteiger partial charge on any atom is 0.489 e. The Hall–Kier alpha value is -1.04. The molecule has 0 spiro atoms. The van der Waals surface area contributed by atoms with Crippen LogP contribution >= 0.6 is 11.6 Å². The Morgan fingerprint density at radius 3 is 2.62 bits per heavy atom. The van der Waals surface area contributed by atoms with Gasteiger partial charge in [-0.15, -0.1) is 0 Å². The van der Waals surface area contributed by atoms with Crippen molar-refractivity contribution in [3.05, 3.63) is 28.8 Å². The van der Waals surface area contributed by atoms with Gasteiger partial charge in [0, 0.05) is 22.6 Å². The molecule has 3 N–H and O–H groups in total. The van der Waals surface area contributed by atoms with Crippen LogP contribution in [0, 0.1) is 5.92 Å². The Bertz CT molecular complexity index is 468. The lowest BCUT2D eigenvalue weighted by Gasteiger charge is -2.15. The Balaban J connectivity index is 2.61. The van der Waals surface area contributed by atoms with Crippen LogP contribution < -0.4 is 10.8 Å². The van der Waals surface area contributed by atoms with Gasteiger partial charge in [-0.05, 0) is 24.5 Å². The van der Waals surface area contributed by atoms with Crippen LogP contribution in [0.3, 0.4) is 0 Å². The summed E-state index contributed by atoms with van der Waals surface area (Å²) >= 11 is 5.93. The highest BCUT2D eigenvalue weighted by Crippen LogP contribution is 2.13. The van der Waals surface area contributed by atoms with Crippen molar-refractivity contribution in [1.82, 2.24) is 5.32 Å². The molecular weight excluding hydrogens is 288 g/mol. The van der Waals surface area contributed by atoms with Crippen molar-refractivity contribution < 1.29 is 14.8 Å². The van der Waals surface area contributed by atoms with Crippen LogP contribution in [0.1, 0.15) is 49.9 Å². The summed E-state index contributed by atoms with van der Waals surface area (Å²) in [6.45, 7) is 4.93. The van der Waals surface area contributed by atoms with Crippen molar-refractivity contribution in [1.29, 1.82) is 0 Å². The number of benzene rings is 1. The molecule has 0 aliphatic heterocycles. The van der Waals surface area contributed by atoms with Gasteiger partial charge in [0.1, 0.15) is 0 Å². The third kappa shape index (κ3) is 5.69. The fraction of sp³-hybridized carbons (Fsp3) is 0.533. The first kappa shape index (κ1) is 18.0. The highest BCUT2D eigenvalue weighted by Gasteiger charge is 2.17. The molecule has 1 amide bonds. The molecule has 1 atom stereocenters. The van der Waals surface area contributed by atoms with E-state index in [1.165, 1.54) is 18.6 Å². The molecule has 4 nitrogen and oxygen atoms in total. The highest BCUT2D eigenvalue weighted by atomic mass is 35.5. The minimum absolute atomic E-state index is 0.177. The van der Waals surface area contributed by atoms with Crippen LogP contribution in [0.15, 0.2) is 18.2 Å². The normalized spacial score (nSPS) is 12.0. The van der Waals surface area contributed by atoms with Gasteiger partial charge in [0.05, 0.1) is 0 Å². The smallest absolute Gasteiger partial charge is 0.423 e. The Morgan fingerprint density at radius 2 is 2.10 bits per heavy atom. The van der Waals surface area contributed by atoms with E-state index >= 15 is 0 Å². The first-order valence-corrected chi connectivity index (χ1v) is 7.81. The summed E-state index contributed by atoms with van der Waals surface area (Å²) in [5.41, 5.74) is 0.623. The molecule has 6 heteroatoms. The van der Waals surface area contributed by atoms with Gasteiger partial charge in [0.15, 0.2) is 0 Å².